The molecule has 1 saturated heterocycles. The van der Waals surface area contributed by atoms with E-state index in [0.29, 0.717) is 35.7 Å². The van der Waals surface area contributed by atoms with Gasteiger partial charge >= 0.3 is 11.9 Å². The number of thioether (sulfide) groups is 1. The number of benzene rings is 5. The number of nitrogens with zero attached hydrogens (tertiary/aromatic N) is 3. The van der Waals surface area contributed by atoms with E-state index < -0.39 is 58.0 Å². The monoisotopic (exact) mass is 979 g/mol. The van der Waals surface area contributed by atoms with Crippen LogP contribution in [0.5, 0.6) is 0 Å². The number of carbonyl (C=O) groups is 4. The second-order valence-electron chi connectivity index (χ2n) is 17.9. The Morgan fingerprint density at radius 2 is 1.33 bits per heavy atom. The van der Waals surface area contributed by atoms with Gasteiger partial charge in [-0.05, 0) is 60.6 Å². The number of hydrogen-bond donors (Lipinski definition) is 2. The van der Waals surface area contributed by atoms with Crippen molar-refractivity contribution in [3.63, 3.8) is 0 Å². The number of nitrogens with one attached hydrogen (secondary N) is 2. The van der Waals surface area contributed by atoms with Crippen LogP contribution in [-0.4, -0.2) is 73.6 Å². The van der Waals surface area contributed by atoms with Crippen LogP contribution in [0, 0.1) is 0 Å². The van der Waals surface area contributed by atoms with Crippen molar-refractivity contribution < 1.29 is 33.5 Å². The van der Waals surface area contributed by atoms with Gasteiger partial charge in [-0.2, -0.15) is 0 Å². The average Bonchev–Trinajstić information content (AvgIpc) is 3.82. The van der Waals surface area contributed by atoms with E-state index in [0.717, 1.165) is 27.8 Å². The van der Waals surface area contributed by atoms with E-state index in [-0.39, 0.29) is 23.0 Å². The van der Waals surface area contributed by atoms with Crippen LogP contribution in [0.4, 0.5) is 5.13 Å². The molecule has 2 N–H and O–H groups in total. The molecule has 12 nitrogen and oxygen atoms in total. The van der Waals surface area contributed by atoms with Gasteiger partial charge in [0.25, 0.3) is 11.8 Å². The number of alkyl halides is 1. The maximum atomic E-state index is 14.7. The molecule has 2 atom stereocenters. The lowest BCUT2D eigenvalue weighted by Gasteiger charge is -2.49. The van der Waals surface area contributed by atoms with Crippen molar-refractivity contribution in [3.05, 3.63) is 202 Å². The Hall–Kier alpha value is -6.74. The van der Waals surface area contributed by atoms with Crippen molar-refractivity contribution in [3.8, 4) is 0 Å². The van der Waals surface area contributed by atoms with Gasteiger partial charge in [-0.25, -0.2) is 14.6 Å². The molecular formula is C54H50ClN5O7S2. The van der Waals surface area contributed by atoms with Crippen LogP contribution in [0.1, 0.15) is 79.6 Å². The molecule has 9 rings (SSSR count). The van der Waals surface area contributed by atoms with Gasteiger partial charge < -0.3 is 24.9 Å². The number of anilines is 1. The van der Waals surface area contributed by atoms with E-state index in [1.807, 2.05) is 152 Å². The first-order valence-electron chi connectivity index (χ1n) is 22.7. The highest BCUT2D eigenvalue weighted by molar-refractivity contribution is 8.00. The number of amides is 2. The molecule has 3 heterocycles. The largest absolute Gasteiger partial charge is 0.457 e. The number of fused-ring (bicyclic) bond motifs is 1. The smallest absolute Gasteiger partial charge is 0.356 e. The number of rotatable bonds is 16. The predicted octanol–water partition coefficient (Wildman–Crippen LogP) is 9.76. The van der Waals surface area contributed by atoms with E-state index in [1.54, 1.807) is 26.2 Å². The number of aromatic nitrogens is 1. The summed E-state index contributed by atoms with van der Waals surface area (Å²) in [5.74, 6) is -2.31. The summed E-state index contributed by atoms with van der Waals surface area (Å²) in [7, 11) is 0. The minimum absolute atomic E-state index is 0.0138. The van der Waals surface area contributed by atoms with E-state index in [1.165, 1.54) is 28.0 Å². The van der Waals surface area contributed by atoms with E-state index in [2.05, 4.69) is 15.8 Å². The zero-order valence-electron chi connectivity index (χ0n) is 38.2. The van der Waals surface area contributed by atoms with Gasteiger partial charge in [0.1, 0.15) is 33.9 Å². The molecule has 2 fully saturated rings. The second-order valence-corrected chi connectivity index (χ2v) is 20.2. The molecule has 1 aliphatic carbocycles. The van der Waals surface area contributed by atoms with Gasteiger partial charge in [0.05, 0.1) is 0 Å². The third-order valence-electron chi connectivity index (χ3n) is 12.2. The zero-order chi connectivity index (χ0) is 48.2. The Bertz CT molecular complexity index is 2740. The Balaban J connectivity index is 1.03. The Kier molecular flexibility index (Phi) is 13.8. The third-order valence-corrected chi connectivity index (χ3v) is 14.7. The van der Waals surface area contributed by atoms with Crippen molar-refractivity contribution in [2.75, 3.05) is 16.9 Å². The molecule has 69 heavy (non-hydrogen) atoms. The summed E-state index contributed by atoms with van der Waals surface area (Å²) in [6.07, 6.45) is 0.581. The molecule has 0 bridgehead atoms. The third kappa shape index (κ3) is 9.66. The van der Waals surface area contributed by atoms with Gasteiger partial charge in [-0.1, -0.05) is 157 Å². The molecule has 2 aliphatic heterocycles. The van der Waals surface area contributed by atoms with Crippen molar-refractivity contribution >= 4 is 69.3 Å². The molecular weight excluding hydrogens is 930 g/mol. The molecule has 1 unspecified atom stereocenters. The standard InChI is InChI=1S/C54H50ClN5O7S2/c1-52(2,3)66-50(64)53(30-19-31-53)67-59-42(41-34-69-51(56-41)58-54(38-24-13-6-14-25-38,39-26-15-7-16-27-39)40-28-17-8-18-29-40)46(61)57-43-47(62)60-44(37(32-55)33-68-48(43)60)49(63)65-45(35-20-9-4-10-21-35)36-22-11-5-12-23-36/h4-18,20-29,34,43,45,48H,19,30-33H2,1-3H3,(H,56,58)(H,57,61)/b59-42-/t43?,48-/m1/s1. The Morgan fingerprint density at radius 1 is 0.812 bits per heavy atom. The fraction of sp³-hybridized carbons (Fsp3) is 0.259. The van der Waals surface area contributed by atoms with Gasteiger partial charge in [0.15, 0.2) is 16.9 Å². The summed E-state index contributed by atoms with van der Waals surface area (Å²) in [6, 6.07) is 47.7. The highest BCUT2D eigenvalue weighted by atomic mass is 35.5. The quantitative estimate of drug-likeness (QED) is 0.0240. The molecule has 5 aromatic carbocycles. The van der Waals surface area contributed by atoms with E-state index in [9.17, 15) is 19.2 Å². The van der Waals surface area contributed by atoms with Gasteiger partial charge in [0.2, 0.25) is 5.60 Å². The fourth-order valence-electron chi connectivity index (χ4n) is 8.65. The summed E-state index contributed by atoms with van der Waals surface area (Å²) < 4.78 is 12.0. The minimum Gasteiger partial charge on any atom is -0.457 e. The first-order valence-corrected chi connectivity index (χ1v) is 25.1. The van der Waals surface area contributed by atoms with E-state index >= 15 is 0 Å². The summed E-state index contributed by atoms with van der Waals surface area (Å²) in [4.78, 5) is 69.4. The van der Waals surface area contributed by atoms with Crippen molar-refractivity contribution in [1.82, 2.24) is 15.2 Å². The van der Waals surface area contributed by atoms with Crippen LogP contribution in [0.15, 0.2) is 173 Å². The van der Waals surface area contributed by atoms with Crippen molar-refractivity contribution in [2.24, 2.45) is 5.16 Å². The van der Waals surface area contributed by atoms with Crippen LogP contribution in [0.3, 0.4) is 0 Å². The number of thiazole rings is 1. The molecule has 0 radical (unpaired) electrons. The normalized spacial score (nSPS) is 17.8. The minimum atomic E-state index is -1.42. The van der Waals surface area contributed by atoms with Crippen molar-refractivity contribution in [1.29, 1.82) is 0 Å². The van der Waals surface area contributed by atoms with Gasteiger partial charge in [-0.15, -0.1) is 34.7 Å². The summed E-state index contributed by atoms with van der Waals surface area (Å²) in [6.45, 7) is 5.31. The number of halogens is 1. The lowest BCUT2D eigenvalue weighted by molar-refractivity contribution is -0.196. The lowest BCUT2D eigenvalue weighted by Crippen LogP contribution is -2.71. The molecule has 352 valence electrons. The number of β-lactam (4-membered cyclic amide) rings is 1. The highest BCUT2D eigenvalue weighted by Gasteiger charge is 2.55. The van der Waals surface area contributed by atoms with Crippen LogP contribution in [0.2, 0.25) is 0 Å². The summed E-state index contributed by atoms with van der Waals surface area (Å²) in [5, 5.41) is 12.5. The molecule has 3 aliphatic rings. The maximum absolute atomic E-state index is 14.7. The van der Waals surface area contributed by atoms with Gasteiger partial charge in [-0.3, -0.25) is 14.5 Å². The van der Waals surface area contributed by atoms with Gasteiger partial charge in [0, 0.05) is 29.9 Å². The molecule has 2 amide bonds. The molecule has 6 aromatic rings. The van der Waals surface area contributed by atoms with Crippen LogP contribution >= 0.6 is 34.7 Å². The number of carbonyl (C=O) groups excluding carboxylic acids is 4. The summed E-state index contributed by atoms with van der Waals surface area (Å²) >= 11 is 9.06. The maximum Gasteiger partial charge on any atom is 0.356 e. The SMILES string of the molecule is CC(C)(C)OC(=O)C1(O/N=C(\C(=O)NC2C(=O)N3C(C(=O)OC(c4ccccc4)c4ccccc4)=C(CCl)CS[C@H]23)c2csc(NC(c3ccccc3)(c3ccccc3)c3ccccc3)n2)CCC1. The fourth-order valence-corrected chi connectivity index (χ4v) is 11.1. The first-order chi connectivity index (χ1) is 33.4. The Labute approximate surface area is 414 Å². The first kappa shape index (κ1) is 47.3. The molecule has 1 aromatic heterocycles. The van der Waals surface area contributed by atoms with Crippen LogP contribution in [-0.2, 0) is 39.0 Å². The Morgan fingerprint density at radius 3 is 1.81 bits per heavy atom. The number of oxime groups is 1. The molecule has 0 spiro atoms. The number of hydrogen-bond acceptors (Lipinski definition) is 12. The average molecular weight is 981 g/mol. The van der Waals surface area contributed by atoms with Crippen molar-refractivity contribution in [2.45, 2.75) is 74.3 Å². The van der Waals surface area contributed by atoms with Crippen LogP contribution < -0.4 is 10.6 Å². The van der Waals surface area contributed by atoms with Crippen LogP contribution in [0.25, 0.3) is 0 Å². The molecule has 1 saturated carbocycles. The lowest BCUT2D eigenvalue weighted by atomic mass is 9.77. The zero-order valence-corrected chi connectivity index (χ0v) is 40.6. The van der Waals surface area contributed by atoms with E-state index in [4.69, 9.17) is 30.9 Å². The molecule has 15 heteroatoms. The topological polar surface area (TPSA) is 149 Å². The predicted molar refractivity (Wildman–Crippen MR) is 269 cm³/mol. The number of ether oxygens (including phenoxy) is 2. The number of esters is 2. The summed E-state index contributed by atoms with van der Waals surface area (Å²) in [5.41, 5.74) is 1.66. The second kappa shape index (κ2) is 20.1. The highest BCUT2D eigenvalue weighted by Crippen LogP contribution is 2.44.